The maximum atomic E-state index is 13.5. The lowest BCUT2D eigenvalue weighted by atomic mass is 9.97. The fourth-order valence-corrected chi connectivity index (χ4v) is 4.97. The van der Waals surface area contributed by atoms with Crippen molar-refractivity contribution < 1.29 is 22.4 Å². The Morgan fingerprint density at radius 1 is 1.06 bits per heavy atom. The maximum Gasteiger partial charge on any atom is 0.393 e. The van der Waals surface area contributed by atoms with Crippen molar-refractivity contribution in [3.8, 4) is 0 Å². The number of halogens is 4. The van der Waals surface area contributed by atoms with Crippen LogP contribution < -0.4 is 20.0 Å². The summed E-state index contributed by atoms with van der Waals surface area (Å²) in [5.74, 6) is -1.12. The minimum atomic E-state index is -4.25. The summed E-state index contributed by atoms with van der Waals surface area (Å²) in [6, 6.07) is 4.14. The van der Waals surface area contributed by atoms with Gasteiger partial charge in [-0.2, -0.15) is 13.2 Å². The third-order valence-electron chi connectivity index (χ3n) is 6.55. The Labute approximate surface area is 188 Å². The van der Waals surface area contributed by atoms with Gasteiger partial charge in [0.2, 0.25) is 0 Å². The fourth-order valence-electron chi connectivity index (χ4n) is 4.97. The van der Waals surface area contributed by atoms with Crippen LogP contribution >= 0.6 is 0 Å². The van der Waals surface area contributed by atoms with Crippen molar-refractivity contribution in [2.75, 3.05) is 46.2 Å². The molecule has 5 rings (SSSR count). The average Bonchev–Trinajstić information content (AvgIpc) is 2.78. The van der Waals surface area contributed by atoms with Crippen LogP contribution in [0.5, 0.6) is 0 Å². The molecule has 2 aromatic rings. The number of carbonyl (C=O) groups is 1. The van der Waals surface area contributed by atoms with E-state index in [4.69, 9.17) is 0 Å². The fraction of sp³-hybridized carbons (Fsp3) is 0.500. The van der Waals surface area contributed by atoms with E-state index in [0.717, 1.165) is 31.3 Å². The average molecular weight is 464 g/mol. The summed E-state index contributed by atoms with van der Waals surface area (Å²) < 4.78 is 53.5. The molecule has 0 spiro atoms. The minimum Gasteiger partial charge on any atom is -0.366 e. The summed E-state index contributed by atoms with van der Waals surface area (Å²) in [5.41, 5.74) is 0.992. The highest BCUT2D eigenvalue weighted by Gasteiger charge is 2.43. The van der Waals surface area contributed by atoms with Crippen molar-refractivity contribution in [1.29, 1.82) is 0 Å². The Morgan fingerprint density at radius 2 is 1.85 bits per heavy atom. The third-order valence-corrected chi connectivity index (χ3v) is 6.55. The molecule has 0 radical (unpaired) electrons. The zero-order chi connectivity index (χ0) is 23.2. The van der Waals surface area contributed by atoms with E-state index < -0.39 is 23.9 Å². The van der Waals surface area contributed by atoms with Gasteiger partial charge in [-0.05, 0) is 37.8 Å². The number of alkyl halides is 3. The van der Waals surface area contributed by atoms with E-state index in [1.807, 2.05) is 6.07 Å². The number of amides is 2. The number of rotatable bonds is 2. The topological polar surface area (TPSA) is 64.6 Å². The maximum absolute atomic E-state index is 13.5. The van der Waals surface area contributed by atoms with Crippen LogP contribution in [-0.2, 0) is 0 Å². The first kappa shape index (κ1) is 21.7. The van der Waals surface area contributed by atoms with Gasteiger partial charge in [-0.25, -0.2) is 14.2 Å². The van der Waals surface area contributed by atoms with Crippen molar-refractivity contribution in [3.63, 3.8) is 0 Å². The molecule has 0 saturated carbocycles. The van der Waals surface area contributed by atoms with E-state index in [2.05, 4.69) is 20.2 Å². The van der Waals surface area contributed by atoms with Crippen molar-refractivity contribution >= 4 is 29.0 Å². The summed E-state index contributed by atoms with van der Waals surface area (Å²) in [5, 5.41) is 2.69. The lowest BCUT2D eigenvalue weighted by Crippen LogP contribution is -2.56. The smallest absolute Gasteiger partial charge is 0.366 e. The van der Waals surface area contributed by atoms with Gasteiger partial charge in [0.25, 0.3) is 0 Å². The molecule has 33 heavy (non-hydrogen) atoms. The predicted octanol–water partition coefficient (Wildman–Crippen LogP) is 4.42. The lowest BCUT2D eigenvalue weighted by Gasteiger charge is -2.46. The Hall–Kier alpha value is -3.11. The van der Waals surface area contributed by atoms with Crippen molar-refractivity contribution in [2.24, 2.45) is 5.92 Å². The van der Waals surface area contributed by atoms with E-state index in [1.165, 1.54) is 12.3 Å². The second-order valence-electron chi connectivity index (χ2n) is 8.77. The van der Waals surface area contributed by atoms with Crippen LogP contribution in [0.25, 0.3) is 0 Å². The Balaban J connectivity index is 1.46. The van der Waals surface area contributed by atoms with Gasteiger partial charge in [0.05, 0.1) is 35.7 Å². The number of urea groups is 1. The van der Waals surface area contributed by atoms with Gasteiger partial charge in [0.1, 0.15) is 11.6 Å². The van der Waals surface area contributed by atoms with Gasteiger partial charge in [-0.15, -0.1) is 0 Å². The second kappa shape index (κ2) is 8.35. The molecule has 11 heteroatoms. The van der Waals surface area contributed by atoms with Crippen LogP contribution in [0.1, 0.15) is 25.7 Å². The van der Waals surface area contributed by atoms with Gasteiger partial charge in [-0.3, -0.25) is 9.88 Å². The lowest BCUT2D eigenvalue weighted by molar-refractivity contribution is -0.176. The first-order chi connectivity index (χ1) is 15.8. The molecule has 1 unspecified atom stereocenters. The molecule has 2 saturated heterocycles. The number of nitrogens with zero attached hydrogens (tertiary/aromatic N) is 5. The molecule has 0 aliphatic carbocycles. The number of aromatic nitrogens is 2. The zero-order valence-electron chi connectivity index (χ0n) is 17.9. The second-order valence-corrected chi connectivity index (χ2v) is 8.77. The Morgan fingerprint density at radius 3 is 2.64 bits per heavy atom. The number of hydrogen-bond donors (Lipinski definition) is 1. The molecule has 2 fully saturated rings. The van der Waals surface area contributed by atoms with Crippen LogP contribution in [0, 0.1) is 11.7 Å². The van der Waals surface area contributed by atoms with Crippen LogP contribution in [0.3, 0.4) is 0 Å². The summed E-state index contributed by atoms with van der Waals surface area (Å²) in [7, 11) is 0. The quantitative estimate of drug-likeness (QED) is 0.667. The molecule has 0 aromatic carbocycles. The monoisotopic (exact) mass is 464 g/mol. The normalized spacial score (nSPS) is 22.7. The van der Waals surface area contributed by atoms with Crippen LogP contribution in [0.4, 0.5) is 45.4 Å². The Kier molecular flexibility index (Phi) is 5.49. The van der Waals surface area contributed by atoms with E-state index >= 15 is 0 Å². The Bertz CT molecular complexity index is 1050. The summed E-state index contributed by atoms with van der Waals surface area (Å²) >= 11 is 0. The van der Waals surface area contributed by atoms with E-state index in [9.17, 15) is 22.4 Å². The van der Waals surface area contributed by atoms with Crippen molar-refractivity contribution in [1.82, 2.24) is 9.97 Å². The SMILES string of the molecule is O=C(Nc1cncc(F)c1)N1c2nc(N3CCCC(C(F)(F)F)C3)ccc2N2CCC[C@H]1C2. The molecule has 176 valence electrons. The highest BCUT2D eigenvalue weighted by molar-refractivity contribution is 6.04. The predicted molar refractivity (Wildman–Crippen MR) is 116 cm³/mol. The van der Waals surface area contributed by atoms with Gasteiger partial charge >= 0.3 is 12.2 Å². The van der Waals surface area contributed by atoms with E-state index in [1.54, 1.807) is 15.9 Å². The summed E-state index contributed by atoms with van der Waals surface area (Å²) in [6.07, 6.45) is 0.360. The van der Waals surface area contributed by atoms with Crippen molar-refractivity contribution in [2.45, 2.75) is 37.9 Å². The van der Waals surface area contributed by atoms with Crippen molar-refractivity contribution in [3.05, 3.63) is 36.4 Å². The minimum absolute atomic E-state index is 0.108. The molecule has 2 aromatic heterocycles. The highest BCUT2D eigenvalue weighted by atomic mass is 19.4. The molecule has 2 amide bonds. The van der Waals surface area contributed by atoms with E-state index in [0.29, 0.717) is 31.1 Å². The number of pyridine rings is 2. The van der Waals surface area contributed by atoms with Gasteiger partial charge < -0.3 is 15.1 Å². The molecular weight excluding hydrogens is 440 g/mol. The molecule has 5 heterocycles. The molecule has 3 aliphatic heterocycles. The zero-order valence-corrected chi connectivity index (χ0v) is 17.9. The molecule has 3 aliphatic rings. The first-order valence-corrected chi connectivity index (χ1v) is 11.1. The molecular formula is C22H24F4N6O. The van der Waals surface area contributed by atoms with Gasteiger partial charge in [0.15, 0.2) is 5.82 Å². The standard InChI is InChI=1S/C22H24F4N6O/c23-15-9-16(11-27-10-15)28-21(33)32-17-4-2-7-30(13-17)18-5-6-19(29-20(18)32)31-8-1-3-14(12-31)22(24,25)26/h5-6,9-11,14,17H,1-4,7-8,12-13H2,(H,28,33)/t14?,17-/m0/s1. The van der Waals surface area contributed by atoms with Crippen LogP contribution in [0.15, 0.2) is 30.6 Å². The largest absolute Gasteiger partial charge is 0.393 e. The molecule has 1 N–H and O–H groups in total. The third kappa shape index (κ3) is 4.28. The number of piperidine rings is 2. The van der Waals surface area contributed by atoms with Gasteiger partial charge in [-0.1, -0.05) is 0 Å². The molecule has 2 atom stereocenters. The van der Waals surface area contributed by atoms with Gasteiger partial charge in [0, 0.05) is 32.2 Å². The highest BCUT2D eigenvalue weighted by Crippen LogP contribution is 2.41. The molecule has 2 bridgehead atoms. The number of anilines is 4. The summed E-state index contributed by atoms with van der Waals surface area (Å²) in [6.45, 7) is 1.80. The summed E-state index contributed by atoms with van der Waals surface area (Å²) in [4.78, 5) is 27.1. The van der Waals surface area contributed by atoms with Crippen LogP contribution in [-0.4, -0.2) is 54.4 Å². The van der Waals surface area contributed by atoms with Crippen LogP contribution in [0.2, 0.25) is 0 Å². The molecule has 7 nitrogen and oxygen atoms in total. The number of nitrogens with one attached hydrogen (secondary N) is 1. The number of carbonyl (C=O) groups excluding carboxylic acids is 1. The number of fused-ring (bicyclic) bond motifs is 4. The van der Waals surface area contributed by atoms with E-state index in [-0.39, 0.29) is 24.7 Å². The first-order valence-electron chi connectivity index (χ1n) is 11.1. The number of hydrogen-bond acceptors (Lipinski definition) is 5.